The van der Waals surface area contributed by atoms with Crippen molar-refractivity contribution >= 4 is 26.0 Å². The third-order valence-electron chi connectivity index (χ3n) is 0.660. The molecular formula is C4H4BrF3O3S. The van der Waals surface area contributed by atoms with Crippen molar-refractivity contribution < 1.29 is 25.8 Å². The van der Waals surface area contributed by atoms with Gasteiger partial charge in [0.2, 0.25) is 0 Å². The third-order valence-corrected chi connectivity index (χ3v) is 2.31. The molecule has 0 heterocycles. The minimum absolute atomic E-state index is 0.178. The molecule has 0 aliphatic rings. The number of alkyl halides is 4. The average molecular weight is 269 g/mol. The first kappa shape index (κ1) is 11.8. The molecule has 72 valence electrons. The van der Waals surface area contributed by atoms with Gasteiger partial charge in [0.15, 0.2) is 0 Å². The van der Waals surface area contributed by atoms with E-state index in [4.69, 9.17) is 0 Å². The van der Waals surface area contributed by atoms with Gasteiger partial charge in [-0.3, -0.25) is 0 Å². The van der Waals surface area contributed by atoms with Crippen molar-refractivity contribution in [2.45, 2.75) is 5.51 Å². The summed E-state index contributed by atoms with van der Waals surface area (Å²) in [5.74, 6) is -0.521. The van der Waals surface area contributed by atoms with Gasteiger partial charge >= 0.3 is 15.6 Å². The van der Waals surface area contributed by atoms with Crippen molar-refractivity contribution in [2.75, 3.05) is 5.33 Å². The fraction of sp³-hybridized carbons (Fsp3) is 0.500. The molecule has 3 nitrogen and oxygen atoms in total. The number of hydrogen-bond donors (Lipinski definition) is 0. The average Bonchev–Trinajstić information content (AvgIpc) is 1.84. The second-order valence-electron chi connectivity index (χ2n) is 1.66. The highest BCUT2D eigenvalue weighted by Gasteiger charge is 2.48. The molecule has 0 aromatic heterocycles. The van der Waals surface area contributed by atoms with Crippen molar-refractivity contribution in [3.05, 3.63) is 12.3 Å². The highest BCUT2D eigenvalue weighted by molar-refractivity contribution is 9.09. The molecule has 0 saturated heterocycles. The molecule has 0 atom stereocenters. The fourth-order valence-electron chi connectivity index (χ4n) is 0.225. The van der Waals surface area contributed by atoms with Gasteiger partial charge in [0, 0.05) is 0 Å². The van der Waals surface area contributed by atoms with Crippen molar-refractivity contribution in [1.82, 2.24) is 0 Å². The summed E-state index contributed by atoms with van der Waals surface area (Å²) in [6.07, 6.45) is 0. The van der Waals surface area contributed by atoms with Gasteiger partial charge in [-0.05, 0) is 0 Å². The monoisotopic (exact) mass is 268 g/mol. The van der Waals surface area contributed by atoms with Crippen LogP contribution in [-0.2, 0) is 14.3 Å². The minimum atomic E-state index is -5.54. The Labute approximate surface area is 75.5 Å². The Kier molecular flexibility index (Phi) is 3.58. The SMILES string of the molecule is C=C(CBr)OS(=O)(=O)C(F)(F)F. The standard InChI is InChI=1S/C4H4BrF3O3S/c1-3(2-5)11-12(9,10)4(6,7)8/h1-2H2. The highest BCUT2D eigenvalue weighted by atomic mass is 79.9. The van der Waals surface area contributed by atoms with Crippen LogP contribution in [0.15, 0.2) is 12.3 Å². The van der Waals surface area contributed by atoms with Crippen LogP contribution in [0.1, 0.15) is 0 Å². The van der Waals surface area contributed by atoms with Gasteiger partial charge < -0.3 is 4.18 Å². The molecule has 0 N–H and O–H groups in total. The van der Waals surface area contributed by atoms with E-state index in [0.717, 1.165) is 0 Å². The van der Waals surface area contributed by atoms with E-state index < -0.39 is 21.4 Å². The lowest BCUT2D eigenvalue weighted by Crippen LogP contribution is -2.25. The van der Waals surface area contributed by atoms with Crippen LogP contribution in [0.5, 0.6) is 0 Å². The lowest BCUT2D eigenvalue weighted by atomic mass is 10.7. The second kappa shape index (κ2) is 3.65. The summed E-state index contributed by atoms with van der Waals surface area (Å²) in [4.78, 5) is 0. The summed E-state index contributed by atoms with van der Waals surface area (Å²) in [5, 5.41) is -0.178. The molecule has 8 heteroatoms. The molecule has 0 amide bonds. The van der Waals surface area contributed by atoms with E-state index >= 15 is 0 Å². The van der Waals surface area contributed by atoms with Crippen LogP contribution >= 0.6 is 15.9 Å². The van der Waals surface area contributed by atoms with E-state index in [1.807, 2.05) is 0 Å². The number of hydrogen-bond acceptors (Lipinski definition) is 3. The van der Waals surface area contributed by atoms with Crippen LogP contribution in [0.2, 0.25) is 0 Å². The van der Waals surface area contributed by atoms with E-state index in [1.54, 1.807) is 0 Å². The maximum atomic E-state index is 11.6. The molecule has 0 bridgehead atoms. The Morgan fingerprint density at radius 2 is 1.92 bits per heavy atom. The zero-order valence-electron chi connectivity index (χ0n) is 5.56. The summed E-state index contributed by atoms with van der Waals surface area (Å²) in [6.45, 7) is 2.92. The summed E-state index contributed by atoms with van der Waals surface area (Å²) in [7, 11) is -5.54. The Morgan fingerprint density at radius 1 is 1.50 bits per heavy atom. The first-order chi connectivity index (χ1) is 5.20. The Hall–Kier alpha value is -0.240. The third kappa shape index (κ3) is 3.02. The molecule has 0 radical (unpaired) electrons. The first-order valence-electron chi connectivity index (χ1n) is 2.45. The van der Waals surface area contributed by atoms with Crippen LogP contribution < -0.4 is 0 Å². The maximum Gasteiger partial charge on any atom is 0.534 e. The first-order valence-corrected chi connectivity index (χ1v) is 4.98. The normalized spacial score (nSPS) is 12.7. The Morgan fingerprint density at radius 3 is 2.17 bits per heavy atom. The van der Waals surface area contributed by atoms with E-state index in [2.05, 4.69) is 26.7 Å². The zero-order valence-corrected chi connectivity index (χ0v) is 7.96. The smallest absolute Gasteiger partial charge is 0.380 e. The van der Waals surface area contributed by atoms with E-state index in [9.17, 15) is 21.6 Å². The number of halogens is 4. The minimum Gasteiger partial charge on any atom is -0.380 e. The van der Waals surface area contributed by atoms with Crippen LogP contribution in [0.3, 0.4) is 0 Å². The lowest BCUT2D eigenvalue weighted by molar-refractivity contribution is -0.0521. The molecule has 0 saturated carbocycles. The van der Waals surface area contributed by atoms with E-state index in [0.29, 0.717) is 0 Å². The summed E-state index contributed by atoms with van der Waals surface area (Å²) in [6, 6.07) is 0. The predicted octanol–water partition coefficient (Wildman–Crippen LogP) is 1.76. The molecule has 0 spiro atoms. The van der Waals surface area contributed by atoms with Crippen molar-refractivity contribution in [3.8, 4) is 0 Å². The quantitative estimate of drug-likeness (QED) is 0.339. The molecule has 0 rings (SSSR count). The number of rotatable bonds is 3. The predicted molar refractivity (Wildman–Crippen MR) is 39.0 cm³/mol. The highest BCUT2D eigenvalue weighted by Crippen LogP contribution is 2.26. The van der Waals surface area contributed by atoms with Crippen molar-refractivity contribution in [3.63, 3.8) is 0 Å². The molecule has 0 unspecified atom stereocenters. The molecule has 0 aliphatic heterocycles. The molecule has 0 aromatic carbocycles. The number of allylic oxidation sites excluding steroid dienone is 1. The summed E-state index contributed by atoms with van der Waals surface area (Å²) >= 11 is 2.68. The van der Waals surface area contributed by atoms with Crippen molar-refractivity contribution in [2.24, 2.45) is 0 Å². The van der Waals surface area contributed by atoms with Crippen LogP contribution in [0, 0.1) is 0 Å². The lowest BCUT2D eigenvalue weighted by Gasteiger charge is -2.08. The van der Waals surface area contributed by atoms with Gasteiger partial charge in [-0.2, -0.15) is 21.6 Å². The van der Waals surface area contributed by atoms with Gasteiger partial charge in [0.25, 0.3) is 0 Å². The molecular weight excluding hydrogens is 265 g/mol. The maximum absolute atomic E-state index is 11.6. The van der Waals surface area contributed by atoms with E-state index in [1.165, 1.54) is 0 Å². The van der Waals surface area contributed by atoms with Crippen LogP contribution in [0.25, 0.3) is 0 Å². The van der Waals surface area contributed by atoms with E-state index in [-0.39, 0.29) is 5.33 Å². The topological polar surface area (TPSA) is 43.4 Å². The van der Waals surface area contributed by atoms with Crippen LogP contribution in [-0.4, -0.2) is 19.3 Å². The Bertz CT molecular complexity index is 268. The second-order valence-corrected chi connectivity index (χ2v) is 3.75. The fourth-order valence-corrected chi connectivity index (χ4v) is 0.954. The van der Waals surface area contributed by atoms with Crippen LogP contribution in [0.4, 0.5) is 13.2 Å². The van der Waals surface area contributed by atoms with Gasteiger partial charge in [0.1, 0.15) is 5.76 Å². The summed E-state index contributed by atoms with van der Waals surface area (Å²) < 4.78 is 58.6. The molecule has 0 aromatic rings. The van der Waals surface area contributed by atoms with Gasteiger partial charge in [0.05, 0.1) is 5.33 Å². The Balaban J connectivity index is 4.58. The molecule has 0 aliphatic carbocycles. The largest absolute Gasteiger partial charge is 0.534 e. The van der Waals surface area contributed by atoms with Gasteiger partial charge in [-0.25, -0.2) is 0 Å². The van der Waals surface area contributed by atoms with Gasteiger partial charge in [-0.1, -0.05) is 22.5 Å². The van der Waals surface area contributed by atoms with Gasteiger partial charge in [-0.15, -0.1) is 0 Å². The molecule has 0 fully saturated rings. The summed E-state index contributed by atoms with van der Waals surface area (Å²) in [5.41, 5.74) is -5.40. The van der Waals surface area contributed by atoms with Crippen molar-refractivity contribution in [1.29, 1.82) is 0 Å². The molecule has 12 heavy (non-hydrogen) atoms. The zero-order chi connectivity index (χ0) is 9.99.